The highest BCUT2D eigenvalue weighted by Crippen LogP contribution is 2.45. The monoisotopic (exact) mass is 471 g/mol. The Labute approximate surface area is 204 Å². The largest absolute Gasteiger partial charge is 0.488 e. The van der Waals surface area contributed by atoms with Crippen molar-refractivity contribution in [1.82, 2.24) is 4.98 Å². The van der Waals surface area contributed by atoms with Gasteiger partial charge in [0, 0.05) is 23.6 Å². The van der Waals surface area contributed by atoms with Crippen LogP contribution in [0.5, 0.6) is 11.6 Å². The minimum absolute atomic E-state index is 0.00349. The number of aliphatic hydroxyl groups excluding tert-OH is 1. The third kappa shape index (κ3) is 6.30. The first kappa shape index (κ1) is 27.7. The van der Waals surface area contributed by atoms with Gasteiger partial charge >= 0.3 is 0 Å². The second-order valence-corrected chi connectivity index (χ2v) is 9.41. The molecule has 0 aromatic carbocycles. The summed E-state index contributed by atoms with van der Waals surface area (Å²) in [6, 6.07) is 0. The first-order valence-corrected chi connectivity index (χ1v) is 11.8. The van der Waals surface area contributed by atoms with E-state index < -0.39 is 11.7 Å². The number of ether oxygens (including phenoxy) is 3. The average molecular weight is 472 g/mol. The van der Waals surface area contributed by atoms with Gasteiger partial charge in [-0.3, -0.25) is 4.79 Å². The minimum Gasteiger partial charge on any atom is -0.488 e. The molecule has 1 aromatic heterocycles. The molecule has 0 amide bonds. The van der Waals surface area contributed by atoms with Crippen molar-refractivity contribution in [2.75, 3.05) is 14.2 Å². The Hall–Kier alpha value is -2.57. The Morgan fingerprint density at radius 1 is 1.26 bits per heavy atom. The second kappa shape index (κ2) is 11.7. The molecule has 1 aliphatic heterocycles. The Morgan fingerprint density at radius 2 is 1.94 bits per heavy atom. The third-order valence-electron chi connectivity index (χ3n) is 6.67. The summed E-state index contributed by atoms with van der Waals surface area (Å²) >= 11 is 0. The molecule has 0 bridgehead atoms. The lowest BCUT2D eigenvalue weighted by Crippen LogP contribution is -2.34. The van der Waals surface area contributed by atoms with Gasteiger partial charge in [0.05, 0.1) is 20.3 Å². The molecule has 2 rings (SSSR count). The molecular weight excluding hydrogens is 430 g/mol. The maximum atomic E-state index is 12.5. The topological polar surface area (TPSA) is 84.1 Å². The number of aromatic nitrogens is 1. The summed E-state index contributed by atoms with van der Waals surface area (Å²) < 4.78 is 16.3. The van der Waals surface area contributed by atoms with Crippen molar-refractivity contribution in [3.05, 3.63) is 68.6 Å². The van der Waals surface area contributed by atoms with E-state index in [-0.39, 0.29) is 23.2 Å². The minimum atomic E-state index is -0.565. The lowest BCUT2D eigenvalue weighted by molar-refractivity contribution is 0.0564. The van der Waals surface area contributed by atoms with Gasteiger partial charge in [-0.05, 0) is 53.5 Å². The number of rotatable bonds is 11. The molecule has 34 heavy (non-hydrogen) atoms. The van der Waals surface area contributed by atoms with Crippen LogP contribution in [0.3, 0.4) is 0 Å². The van der Waals surface area contributed by atoms with Gasteiger partial charge in [-0.2, -0.15) is 0 Å². The quantitative estimate of drug-likeness (QED) is 0.263. The summed E-state index contributed by atoms with van der Waals surface area (Å²) in [6.07, 6.45) is 11.3. The summed E-state index contributed by atoms with van der Waals surface area (Å²) in [5, 5.41) is 10.8. The zero-order valence-electron chi connectivity index (χ0n) is 22.1. The number of epoxide rings is 1. The van der Waals surface area contributed by atoms with Crippen LogP contribution in [0.4, 0.5) is 0 Å². The Morgan fingerprint density at radius 3 is 2.53 bits per heavy atom. The summed E-state index contributed by atoms with van der Waals surface area (Å²) in [5.74, 6) is 0.517. The fraction of sp³-hybridized carbons (Fsp3) is 0.536. The Balaban J connectivity index is 1.98. The van der Waals surface area contributed by atoms with Crippen LogP contribution in [0, 0.1) is 12.8 Å². The molecule has 2 heterocycles. The lowest BCUT2D eigenvalue weighted by Gasteiger charge is -2.21. The molecule has 1 aromatic rings. The van der Waals surface area contributed by atoms with Crippen LogP contribution in [0.25, 0.3) is 0 Å². The summed E-state index contributed by atoms with van der Waals surface area (Å²) in [7, 11) is 2.97. The molecule has 1 saturated heterocycles. The van der Waals surface area contributed by atoms with Gasteiger partial charge in [0.15, 0.2) is 0 Å². The number of pyridine rings is 1. The number of methoxy groups -OCH3 is 2. The molecule has 1 aliphatic rings. The van der Waals surface area contributed by atoms with E-state index in [0.29, 0.717) is 17.9 Å². The predicted octanol–water partition coefficient (Wildman–Crippen LogP) is 5.20. The van der Waals surface area contributed by atoms with E-state index in [1.807, 2.05) is 40.7 Å². The molecule has 2 unspecified atom stereocenters. The van der Waals surface area contributed by atoms with Gasteiger partial charge in [-0.15, -0.1) is 0 Å². The molecule has 188 valence electrons. The van der Waals surface area contributed by atoms with Gasteiger partial charge in [-0.25, -0.2) is 0 Å². The van der Waals surface area contributed by atoms with Crippen LogP contribution in [-0.4, -0.2) is 42.1 Å². The average Bonchev–Trinajstić information content (AvgIpc) is 3.51. The lowest BCUT2D eigenvalue weighted by atomic mass is 9.87. The highest BCUT2D eigenvalue weighted by Gasteiger charge is 2.58. The molecule has 1 fully saturated rings. The SMILES string of the molecule is C/C=C(\C)[C@@H]1O[C@@]1(C)C(O)C(C)/C=C(C)/C=C/C/C(C)=C/Cc1[nH]c(OC)c(OC)c(=O)c1C. The number of hydrogen-bond acceptors (Lipinski definition) is 5. The molecule has 0 spiro atoms. The van der Waals surface area contributed by atoms with Gasteiger partial charge in [-0.1, -0.05) is 48.5 Å². The van der Waals surface area contributed by atoms with Crippen molar-refractivity contribution in [2.24, 2.45) is 5.92 Å². The van der Waals surface area contributed by atoms with Crippen LogP contribution >= 0.6 is 0 Å². The Kier molecular flexibility index (Phi) is 9.54. The van der Waals surface area contributed by atoms with Gasteiger partial charge in [0.2, 0.25) is 17.1 Å². The fourth-order valence-electron chi connectivity index (χ4n) is 4.25. The second-order valence-electron chi connectivity index (χ2n) is 9.41. The number of H-pyrrole nitrogens is 1. The molecule has 0 saturated carbocycles. The molecule has 0 radical (unpaired) electrons. The number of nitrogens with one attached hydrogen (secondary N) is 1. The van der Waals surface area contributed by atoms with Crippen LogP contribution in [0.15, 0.2) is 51.9 Å². The predicted molar refractivity (Wildman–Crippen MR) is 138 cm³/mol. The third-order valence-corrected chi connectivity index (χ3v) is 6.67. The first-order valence-electron chi connectivity index (χ1n) is 11.8. The first-order chi connectivity index (χ1) is 16.0. The van der Waals surface area contributed by atoms with Crippen LogP contribution < -0.4 is 14.9 Å². The molecule has 6 heteroatoms. The number of hydrogen-bond donors (Lipinski definition) is 2. The fourth-order valence-corrected chi connectivity index (χ4v) is 4.25. The maximum absolute atomic E-state index is 12.5. The van der Waals surface area contributed by atoms with E-state index in [4.69, 9.17) is 14.2 Å². The van der Waals surface area contributed by atoms with Crippen molar-refractivity contribution in [3.8, 4) is 11.6 Å². The van der Waals surface area contributed by atoms with Crippen molar-refractivity contribution in [1.29, 1.82) is 0 Å². The standard InChI is InChI=1S/C28H41NO5/c1-10-19(4)26-28(7,34-26)25(31)20(5)16-18(3)13-11-12-17(2)14-15-22-21(6)23(30)24(32-8)27(29-22)33-9/h10-11,13-14,16,20,25-26,31H,12,15H2,1-9H3,(H,29,30)/b13-11+,17-14+,18-16+,19-10+/t20?,25?,26-,28-/m0/s1. The van der Waals surface area contributed by atoms with Gasteiger partial charge in [0.1, 0.15) is 11.7 Å². The van der Waals surface area contributed by atoms with Crippen LogP contribution in [-0.2, 0) is 11.2 Å². The molecule has 4 atom stereocenters. The van der Waals surface area contributed by atoms with Gasteiger partial charge < -0.3 is 24.3 Å². The smallest absolute Gasteiger partial charge is 0.238 e. The summed E-state index contributed by atoms with van der Waals surface area (Å²) in [5.41, 5.74) is 4.21. The van der Waals surface area contributed by atoms with E-state index in [9.17, 15) is 9.90 Å². The number of aromatic amines is 1. The number of allylic oxidation sites excluding steroid dienone is 6. The molecular formula is C28H41NO5. The van der Waals surface area contributed by atoms with E-state index in [0.717, 1.165) is 23.3 Å². The summed E-state index contributed by atoms with van der Waals surface area (Å²) in [6.45, 7) is 13.9. The van der Waals surface area contributed by atoms with E-state index >= 15 is 0 Å². The van der Waals surface area contributed by atoms with Crippen molar-refractivity contribution < 1.29 is 19.3 Å². The van der Waals surface area contributed by atoms with E-state index in [1.54, 1.807) is 6.92 Å². The Bertz CT molecular complexity index is 1050. The van der Waals surface area contributed by atoms with Crippen molar-refractivity contribution in [2.45, 2.75) is 79.1 Å². The zero-order valence-corrected chi connectivity index (χ0v) is 22.1. The highest BCUT2D eigenvalue weighted by molar-refractivity contribution is 5.40. The van der Waals surface area contributed by atoms with Crippen LogP contribution in [0.1, 0.15) is 59.2 Å². The normalized spacial score (nSPS) is 23.2. The van der Waals surface area contributed by atoms with E-state index in [1.165, 1.54) is 19.8 Å². The zero-order chi connectivity index (χ0) is 25.6. The van der Waals surface area contributed by atoms with E-state index in [2.05, 4.69) is 36.2 Å². The molecule has 2 N–H and O–H groups in total. The van der Waals surface area contributed by atoms with Gasteiger partial charge in [0.25, 0.3) is 0 Å². The van der Waals surface area contributed by atoms with Crippen LogP contribution in [0.2, 0.25) is 0 Å². The summed E-state index contributed by atoms with van der Waals surface area (Å²) in [4.78, 5) is 15.6. The van der Waals surface area contributed by atoms with Crippen molar-refractivity contribution >= 4 is 0 Å². The molecule has 6 nitrogen and oxygen atoms in total. The highest BCUT2D eigenvalue weighted by atomic mass is 16.6. The molecule has 0 aliphatic carbocycles. The maximum Gasteiger partial charge on any atom is 0.238 e. The number of aliphatic hydroxyl groups is 1. The van der Waals surface area contributed by atoms with Crippen molar-refractivity contribution in [3.63, 3.8) is 0 Å².